The van der Waals surface area contributed by atoms with Crippen LogP contribution in [0.5, 0.6) is 0 Å². The molecule has 0 aliphatic carbocycles. The normalized spacial score (nSPS) is 14.2. The van der Waals surface area contributed by atoms with Crippen molar-refractivity contribution < 1.29 is 18.3 Å². The maximum Gasteiger partial charge on any atom is 0.229 e. The van der Waals surface area contributed by atoms with Crippen molar-refractivity contribution in [2.24, 2.45) is 0 Å². The van der Waals surface area contributed by atoms with E-state index >= 15 is 0 Å². The van der Waals surface area contributed by atoms with E-state index in [2.05, 4.69) is 4.72 Å². The maximum absolute atomic E-state index is 11.6. The summed E-state index contributed by atoms with van der Waals surface area (Å²) >= 11 is 0. The molecule has 0 aromatic heterocycles. The summed E-state index contributed by atoms with van der Waals surface area (Å²) in [6, 6.07) is 10.7. The Balaban J connectivity index is 0.00000312. The van der Waals surface area contributed by atoms with Crippen molar-refractivity contribution in [1.82, 2.24) is 4.90 Å². The first-order chi connectivity index (χ1) is 11.1. The lowest BCUT2D eigenvalue weighted by molar-refractivity contribution is -0.198. The molecule has 0 spiro atoms. The molecule has 8 heteroatoms. The molecule has 0 fully saturated rings. The van der Waals surface area contributed by atoms with Gasteiger partial charge in [0, 0.05) is 17.5 Å². The Morgan fingerprint density at radius 3 is 2.36 bits per heavy atom. The zero-order chi connectivity index (χ0) is 18.0. The van der Waals surface area contributed by atoms with Gasteiger partial charge in [0.15, 0.2) is 5.79 Å². The summed E-state index contributed by atoms with van der Waals surface area (Å²) in [6.45, 7) is 2.57. The molecule has 0 heterocycles. The molecule has 0 radical (unpaired) electrons. The lowest BCUT2D eigenvalue weighted by Crippen LogP contribution is -2.30. The maximum atomic E-state index is 11.6. The smallest absolute Gasteiger partial charge is 0.229 e. The number of benzene rings is 2. The van der Waals surface area contributed by atoms with Crippen LogP contribution in [-0.4, -0.2) is 51.9 Å². The highest BCUT2D eigenvalue weighted by Crippen LogP contribution is 2.34. The lowest BCUT2D eigenvalue weighted by atomic mass is 9.97. The van der Waals surface area contributed by atoms with Crippen molar-refractivity contribution in [2.45, 2.75) is 12.7 Å². The molecule has 1 atom stereocenters. The van der Waals surface area contributed by atoms with Gasteiger partial charge in [-0.2, -0.15) is 0 Å². The Labute approximate surface area is 155 Å². The molecule has 0 saturated carbocycles. The van der Waals surface area contributed by atoms with Crippen molar-refractivity contribution in [2.75, 3.05) is 38.2 Å². The Bertz CT molecular complexity index is 817. The fourth-order valence-corrected chi connectivity index (χ4v) is 3.09. The summed E-state index contributed by atoms with van der Waals surface area (Å²) in [6.07, 6.45) is 1.10. The van der Waals surface area contributed by atoms with E-state index in [0.717, 1.165) is 11.6 Å². The van der Waals surface area contributed by atoms with Crippen molar-refractivity contribution >= 4 is 38.9 Å². The van der Waals surface area contributed by atoms with Crippen molar-refractivity contribution in [3.63, 3.8) is 0 Å². The van der Waals surface area contributed by atoms with Gasteiger partial charge in [0.05, 0.1) is 18.6 Å². The SMILES string of the molecule is CN(C)CCOC(C)(O)c1cccc2cccc(NS(C)(=O)=O)c12.Cl. The molecule has 1 unspecified atom stereocenters. The van der Waals surface area contributed by atoms with Gasteiger partial charge >= 0.3 is 0 Å². The van der Waals surface area contributed by atoms with E-state index < -0.39 is 15.8 Å². The third-order valence-corrected chi connectivity index (χ3v) is 4.21. The number of nitrogens with one attached hydrogen (secondary N) is 1. The van der Waals surface area contributed by atoms with Gasteiger partial charge in [-0.25, -0.2) is 8.42 Å². The number of likely N-dealkylation sites (N-methyl/N-ethyl adjacent to an activating group) is 1. The number of hydrogen-bond donors (Lipinski definition) is 2. The first-order valence-corrected chi connectivity index (χ1v) is 9.50. The molecule has 2 rings (SSSR count). The summed E-state index contributed by atoms with van der Waals surface area (Å²) in [5.74, 6) is -1.54. The van der Waals surface area contributed by atoms with Gasteiger partial charge in [-0.1, -0.05) is 30.3 Å². The first kappa shape index (κ1) is 21.7. The number of sulfonamides is 1. The van der Waals surface area contributed by atoms with E-state index in [1.54, 1.807) is 25.1 Å². The third-order valence-electron chi connectivity index (χ3n) is 3.62. The number of fused-ring (bicyclic) bond motifs is 1. The largest absolute Gasteiger partial charge is 0.362 e. The van der Waals surface area contributed by atoms with Crippen LogP contribution in [-0.2, 0) is 20.5 Å². The molecular weight excluding hydrogens is 364 g/mol. The number of ether oxygens (including phenoxy) is 1. The van der Waals surface area contributed by atoms with Crippen LogP contribution in [0.4, 0.5) is 5.69 Å². The van der Waals surface area contributed by atoms with E-state index in [4.69, 9.17) is 4.74 Å². The molecule has 0 saturated heterocycles. The standard InChI is InChI=1S/C17H24N2O4S.ClH/c1-17(20,23-12-11-19(2)3)14-9-5-7-13-8-6-10-15(16(13)14)18-24(4,21)22;/h5-10,18,20H,11-12H2,1-4H3;1H. The molecular formula is C17H25ClN2O4S. The van der Waals surface area contributed by atoms with Crippen molar-refractivity contribution in [3.8, 4) is 0 Å². The fourth-order valence-electron chi connectivity index (χ4n) is 2.52. The molecule has 6 nitrogen and oxygen atoms in total. The Hall–Kier alpha value is -1.38. The number of hydrogen-bond acceptors (Lipinski definition) is 5. The minimum atomic E-state index is -3.44. The Morgan fingerprint density at radius 1 is 1.20 bits per heavy atom. The lowest BCUT2D eigenvalue weighted by Gasteiger charge is -2.27. The summed E-state index contributed by atoms with van der Waals surface area (Å²) < 4.78 is 31.4. The average molecular weight is 389 g/mol. The fraction of sp³-hybridized carbons (Fsp3) is 0.412. The first-order valence-electron chi connectivity index (χ1n) is 7.61. The zero-order valence-electron chi connectivity index (χ0n) is 14.8. The molecule has 2 aromatic carbocycles. The highest BCUT2D eigenvalue weighted by molar-refractivity contribution is 7.92. The van der Waals surface area contributed by atoms with Crippen LogP contribution < -0.4 is 4.72 Å². The molecule has 140 valence electrons. The molecule has 0 aliphatic heterocycles. The highest BCUT2D eigenvalue weighted by atomic mass is 35.5. The van der Waals surface area contributed by atoms with Gasteiger partial charge in [0.25, 0.3) is 0 Å². The number of rotatable bonds is 7. The Kier molecular flexibility index (Phi) is 7.22. The van der Waals surface area contributed by atoms with Crippen LogP contribution in [0.2, 0.25) is 0 Å². The average Bonchev–Trinajstić information content (AvgIpc) is 2.44. The van der Waals surface area contributed by atoms with Crippen molar-refractivity contribution in [3.05, 3.63) is 42.0 Å². The van der Waals surface area contributed by atoms with Crippen LogP contribution in [0.1, 0.15) is 12.5 Å². The molecule has 0 aliphatic rings. The van der Waals surface area contributed by atoms with E-state index in [9.17, 15) is 13.5 Å². The zero-order valence-corrected chi connectivity index (χ0v) is 16.4. The molecule has 0 bridgehead atoms. The summed E-state index contributed by atoms with van der Waals surface area (Å²) in [4.78, 5) is 1.95. The molecule has 2 N–H and O–H groups in total. The quantitative estimate of drug-likeness (QED) is 0.712. The summed E-state index contributed by atoms with van der Waals surface area (Å²) in [5, 5.41) is 12.2. The van der Waals surface area contributed by atoms with Gasteiger partial charge < -0.3 is 14.7 Å². The second kappa shape index (κ2) is 8.33. The van der Waals surface area contributed by atoms with Crippen LogP contribution in [0.15, 0.2) is 36.4 Å². The predicted octanol–water partition coefficient (Wildman–Crippen LogP) is 2.38. The van der Waals surface area contributed by atoms with E-state index in [1.165, 1.54) is 0 Å². The minimum Gasteiger partial charge on any atom is -0.362 e. The van der Waals surface area contributed by atoms with Crippen LogP contribution >= 0.6 is 12.4 Å². The number of aliphatic hydroxyl groups is 1. The topological polar surface area (TPSA) is 78.9 Å². The van der Waals surface area contributed by atoms with Gasteiger partial charge in [0.2, 0.25) is 10.0 Å². The van der Waals surface area contributed by atoms with E-state index in [0.29, 0.717) is 29.8 Å². The van der Waals surface area contributed by atoms with Gasteiger partial charge in [-0.15, -0.1) is 12.4 Å². The van der Waals surface area contributed by atoms with Crippen LogP contribution in [0.3, 0.4) is 0 Å². The van der Waals surface area contributed by atoms with Crippen molar-refractivity contribution in [1.29, 1.82) is 0 Å². The second-order valence-electron chi connectivity index (χ2n) is 6.22. The second-order valence-corrected chi connectivity index (χ2v) is 7.97. The monoisotopic (exact) mass is 388 g/mol. The minimum absolute atomic E-state index is 0. The summed E-state index contributed by atoms with van der Waals surface area (Å²) in [5.41, 5.74) is 0.938. The number of halogens is 1. The van der Waals surface area contributed by atoms with Crippen LogP contribution in [0, 0.1) is 0 Å². The van der Waals surface area contributed by atoms with Gasteiger partial charge in [-0.3, -0.25) is 4.72 Å². The summed E-state index contributed by atoms with van der Waals surface area (Å²) in [7, 11) is 0.403. The molecule has 0 amide bonds. The third kappa shape index (κ3) is 5.83. The van der Waals surface area contributed by atoms with E-state index in [-0.39, 0.29) is 12.4 Å². The van der Waals surface area contributed by atoms with E-state index in [1.807, 2.05) is 37.2 Å². The number of anilines is 1. The van der Waals surface area contributed by atoms with Crippen LogP contribution in [0.25, 0.3) is 10.8 Å². The van der Waals surface area contributed by atoms with Gasteiger partial charge in [-0.05, 0) is 32.5 Å². The number of nitrogens with zero attached hydrogens (tertiary/aromatic N) is 1. The highest BCUT2D eigenvalue weighted by Gasteiger charge is 2.27. The van der Waals surface area contributed by atoms with Gasteiger partial charge in [0.1, 0.15) is 0 Å². The molecule has 25 heavy (non-hydrogen) atoms. The predicted molar refractivity (Wildman–Crippen MR) is 104 cm³/mol. The Morgan fingerprint density at radius 2 is 1.80 bits per heavy atom. The molecule has 2 aromatic rings.